The number of carbonyl (C=O) groups is 2. The first kappa shape index (κ1) is 55.3. The largest absolute Gasteiger partial charge is 0.459 e. The highest BCUT2D eigenvalue weighted by atomic mass is 16.7. The van der Waals surface area contributed by atoms with Crippen molar-refractivity contribution >= 4 is 23.4 Å². The summed E-state index contributed by atoms with van der Waals surface area (Å²) in [7, 11) is 0. The van der Waals surface area contributed by atoms with Crippen LogP contribution in [0.4, 0.5) is 10.5 Å². The number of carbonyl (C=O) groups excluding carboxylic acids is 2. The van der Waals surface area contributed by atoms with Gasteiger partial charge in [0.2, 0.25) is 18.5 Å². The number of unbranched alkanes of at least 4 members (excludes halogenated alkanes) is 11. The van der Waals surface area contributed by atoms with E-state index < -0.39 is 28.8 Å². The molecule has 2 saturated carbocycles. The summed E-state index contributed by atoms with van der Waals surface area (Å²) in [5.41, 5.74) is 3.77. The second kappa shape index (κ2) is 27.2. The van der Waals surface area contributed by atoms with Gasteiger partial charge in [-0.2, -0.15) is 0 Å². The van der Waals surface area contributed by atoms with E-state index in [1.165, 1.54) is 57.1 Å². The molecule has 3 aromatic rings. The number of hydrogen-bond donors (Lipinski definition) is 3. The van der Waals surface area contributed by atoms with E-state index in [2.05, 4.69) is 24.9 Å². The fourth-order valence-corrected chi connectivity index (χ4v) is 11.7. The van der Waals surface area contributed by atoms with Crippen LogP contribution in [0.3, 0.4) is 0 Å². The van der Waals surface area contributed by atoms with Gasteiger partial charge in [-0.05, 0) is 116 Å². The SMILES string of the molecule is C=CCOC12Oc3ccc(OC(=O)NCCCCCCCCCCCC)cc3C3C(CCCCO)C(CCCCO)C=C(C(=NOCc4ccc([N+](=O)[O-])cc4)CC1N(Cc1ccc4c(c1)OCO4)C(=O)C1CC1)C32. The number of nitro benzene ring substituents is 1. The smallest absolute Gasteiger partial charge is 0.412 e. The van der Waals surface area contributed by atoms with Crippen molar-refractivity contribution < 1.29 is 53.2 Å². The van der Waals surface area contributed by atoms with Crippen molar-refractivity contribution in [3.63, 3.8) is 0 Å². The van der Waals surface area contributed by atoms with Crippen LogP contribution in [0.1, 0.15) is 152 Å². The molecule has 0 saturated heterocycles. The molecule has 0 spiro atoms. The van der Waals surface area contributed by atoms with E-state index in [1.807, 2.05) is 35.2 Å². The van der Waals surface area contributed by atoms with E-state index in [4.69, 9.17) is 33.7 Å². The van der Waals surface area contributed by atoms with Crippen LogP contribution in [-0.4, -0.2) is 82.7 Å². The highest BCUT2D eigenvalue weighted by molar-refractivity contribution is 6.03. The molecule has 75 heavy (non-hydrogen) atoms. The van der Waals surface area contributed by atoms with Gasteiger partial charge in [0, 0.05) is 62.3 Å². The highest BCUT2D eigenvalue weighted by Crippen LogP contribution is 2.62. The van der Waals surface area contributed by atoms with Gasteiger partial charge in [0.1, 0.15) is 24.1 Å². The summed E-state index contributed by atoms with van der Waals surface area (Å²) >= 11 is 0. The summed E-state index contributed by atoms with van der Waals surface area (Å²) in [5.74, 6) is -0.622. The van der Waals surface area contributed by atoms with Crippen LogP contribution in [0.25, 0.3) is 0 Å². The van der Waals surface area contributed by atoms with Gasteiger partial charge < -0.3 is 49.0 Å². The maximum absolute atomic E-state index is 15.1. The molecule has 6 atom stereocenters. The number of allylic oxidation sites excluding steroid dienone is 1. The number of amides is 2. The van der Waals surface area contributed by atoms with Gasteiger partial charge in [0.05, 0.1) is 23.2 Å². The molecular weight excluding hydrogens is 957 g/mol. The lowest BCUT2D eigenvalue weighted by atomic mass is 9.55. The fraction of sp³-hybridized carbons (Fsp3) is 0.576. The summed E-state index contributed by atoms with van der Waals surface area (Å²) in [5, 5.41) is 39.5. The molecule has 406 valence electrons. The molecule has 0 aromatic heterocycles. The van der Waals surface area contributed by atoms with Gasteiger partial charge in [-0.3, -0.25) is 14.9 Å². The molecule has 0 radical (unpaired) electrons. The number of nitrogens with zero attached hydrogens (tertiary/aromatic N) is 3. The van der Waals surface area contributed by atoms with Crippen molar-refractivity contribution in [3.05, 3.63) is 112 Å². The summed E-state index contributed by atoms with van der Waals surface area (Å²) in [6.45, 7) is 7.33. The summed E-state index contributed by atoms with van der Waals surface area (Å²) in [6.07, 6.45) is 21.2. The van der Waals surface area contributed by atoms with Gasteiger partial charge >= 0.3 is 6.09 Å². The number of hydrogen-bond acceptors (Lipinski definition) is 13. The fourth-order valence-electron chi connectivity index (χ4n) is 11.7. The molecular formula is C59H78N4O12. The van der Waals surface area contributed by atoms with Crippen molar-refractivity contribution in [2.24, 2.45) is 28.8 Å². The number of aliphatic hydroxyl groups excluding tert-OH is 2. The molecule has 16 nitrogen and oxygen atoms in total. The van der Waals surface area contributed by atoms with Crippen molar-refractivity contribution in [3.8, 4) is 23.0 Å². The number of rotatable bonds is 31. The third kappa shape index (κ3) is 13.9. The Bertz CT molecular complexity index is 2460. The Morgan fingerprint density at radius 1 is 0.867 bits per heavy atom. The van der Waals surface area contributed by atoms with Crippen LogP contribution in [-0.2, 0) is 27.5 Å². The number of fused-ring (bicyclic) bond motifs is 3. The molecule has 2 amide bonds. The van der Waals surface area contributed by atoms with Gasteiger partial charge in [0.25, 0.3) is 5.69 Å². The molecule has 8 rings (SSSR count). The molecule has 6 unspecified atom stereocenters. The number of oxime groups is 1. The minimum Gasteiger partial charge on any atom is -0.459 e. The highest BCUT2D eigenvalue weighted by Gasteiger charge is 2.66. The Morgan fingerprint density at radius 2 is 1.56 bits per heavy atom. The van der Waals surface area contributed by atoms with Crippen molar-refractivity contribution in [1.82, 2.24) is 10.2 Å². The van der Waals surface area contributed by atoms with Crippen LogP contribution in [0.15, 0.2) is 90.1 Å². The van der Waals surface area contributed by atoms with E-state index in [0.29, 0.717) is 53.7 Å². The Morgan fingerprint density at radius 3 is 2.27 bits per heavy atom. The maximum Gasteiger partial charge on any atom is 0.412 e. The molecule has 16 heteroatoms. The van der Waals surface area contributed by atoms with Crippen molar-refractivity contribution in [2.75, 3.05) is 33.2 Å². The molecule has 3 aromatic carbocycles. The first-order valence-electron chi connectivity index (χ1n) is 27.8. The normalized spacial score (nSPS) is 22.6. The van der Waals surface area contributed by atoms with Crippen LogP contribution < -0.4 is 24.3 Å². The van der Waals surface area contributed by atoms with Crippen LogP contribution >= 0.6 is 0 Å². The monoisotopic (exact) mass is 1030 g/mol. The Kier molecular flexibility index (Phi) is 20.0. The lowest BCUT2D eigenvalue weighted by Gasteiger charge is -2.60. The quantitative estimate of drug-likeness (QED) is 0.0239. The van der Waals surface area contributed by atoms with Gasteiger partial charge in [-0.1, -0.05) is 101 Å². The van der Waals surface area contributed by atoms with E-state index in [9.17, 15) is 25.1 Å². The second-order valence-electron chi connectivity index (χ2n) is 20.9. The zero-order valence-electron chi connectivity index (χ0n) is 43.8. The van der Waals surface area contributed by atoms with Crippen molar-refractivity contribution in [1.29, 1.82) is 0 Å². The van der Waals surface area contributed by atoms with E-state index in [1.54, 1.807) is 24.3 Å². The second-order valence-corrected chi connectivity index (χ2v) is 20.9. The lowest BCUT2D eigenvalue weighted by molar-refractivity contribution is -0.384. The van der Waals surface area contributed by atoms with Gasteiger partial charge in [0.15, 0.2) is 11.5 Å². The van der Waals surface area contributed by atoms with Crippen LogP contribution in [0, 0.1) is 33.8 Å². The minimum absolute atomic E-state index is 0.0264. The number of non-ortho nitro benzene ring substituents is 1. The standard InChI is InChI=1S/C59H78N4O12/c1-3-5-6-7-8-9-10-11-12-15-30-60-58(67)74-46-27-29-51-49(36-46)55-47(19-14-17-32-65)44(18-13-16-31-64)35-48-50(61-73-39-41-20-25-45(26-21-41)63(68)69)37-54(59(75-51,56(48)55)72-33-4-2)62(57(66)43-23-24-43)38-42-22-28-52-53(34-42)71-40-70-52/h4,20-22,25-29,34-36,43-44,47,54-56,64-65H,2-3,5-19,23-24,30-33,37-40H2,1H3,(H,60,67). The summed E-state index contributed by atoms with van der Waals surface area (Å²) in [4.78, 5) is 47.7. The van der Waals surface area contributed by atoms with Gasteiger partial charge in [-0.25, -0.2) is 4.79 Å². The molecule has 2 aliphatic heterocycles. The first-order valence-corrected chi connectivity index (χ1v) is 27.8. The summed E-state index contributed by atoms with van der Waals surface area (Å²) < 4.78 is 32.2. The molecule has 0 bridgehead atoms. The third-order valence-electron chi connectivity index (χ3n) is 15.6. The Labute approximate surface area is 442 Å². The number of ether oxygens (including phenoxy) is 5. The van der Waals surface area contributed by atoms with Crippen LogP contribution in [0.5, 0.6) is 23.0 Å². The Hall–Kier alpha value is -5.97. The molecule has 2 fully saturated rings. The number of nitro groups is 1. The van der Waals surface area contributed by atoms with Crippen molar-refractivity contribution in [2.45, 2.75) is 160 Å². The first-order chi connectivity index (χ1) is 36.7. The minimum atomic E-state index is -1.50. The Balaban J connectivity index is 1.18. The maximum atomic E-state index is 15.1. The zero-order chi connectivity index (χ0) is 52.6. The topological polar surface area (TPSA) is 201 Å². The predicted octanol–water partition coefficient (Wildman–Crippen LogP) is 11.6. The average molecular weight is 1040 g/mol. The molecule has 2 heterocycles. The number of aliphatic hydroxyl groups is 2. The zero-order valence-corrected chi connectivity index (χ0v) is 43.8. The average Bonchev–Trinajstić information content (AvgIpc) is 4.28. The summed E-state index contributed by atoms with van der Waals surface area (Å²) in [6, 6.07) is 16.6. The molecule has 3 N–H and O–H groups in total. The molecule has 3 aliphatic carbocycles. The molecule has 5 aliphatic rings. The van der Waals surface area contributed by atoms with E-state index >= 15 is 4.79 Å². The lowest BCUT2D eigenvalue weighted by Crippen LogP contribution is -2.70. The van der Waals surface area contributed by atoms with Crippen LogP contribution in [0.2, 0.25) is 0 Å². The number of benzene rings is 3. The number of nitrogens with one attached hydrogen (secondary N) is 1. The van der Waals surface area contributed by atoms with E-state index in [-0.39, 0.29) is 81.5 Å². The predicted molar refractivity (Wildman–Crippen MR) is 285 cm³/mol. The van der Waals surface area contributed by atoms with E-state index in [0.717, 1.165) is 74.5 Å². The van der Waals surface area contributed by atoms with Gasteiger partial charge in [-0.15, -0.1) is 6.58 Å². The third-order valence-corrected chi connectivity index (χ3v) is 15.6.